The minimum Gasteiger partial charge on any atom is -0.494 e. The molecule has 1 atom stereocenters. The van der Waals surface area contributed by atoms with Crippen molar-refractivity contribution in [3.63, 3.8) is 0 Å². The molecule has 194 valence electrons. The number of para-hydroxylation sites is 1. The number of nitrogens with one attached hydrogen (secondary N) is 1. The Morgan fingerprint density at radius 1 is 1.32 bits per heavy atom. The van der Waals surface area contributed by atoms with Gasteiger partial charge in [0.25, 0.3) is 0 Å². The van der Waals surface area contributed by atoms with Gasteiger partial charge in [0.2, 0.25) is 5.91 Å². The molecule has 0 radical (unpaired) electrons. The zero-order chi connectivity index (χ0) is 26.4. The van der Waals surface area contributed by atoms with Crippen molar-refractivity contribution in [1.29, 1.82) is 5.26 Å². The van der Waals surface area contributed by atoms with Crippen LogP contribution in [0.15, 0.2) is 36.7 Å². The van der Waals surface area contributed by atoms with Crippen LogP contribution in [0.2, 0.25) is 0 Å². The number of hydrogen-bond acceptors (Lipinski definition) is 7. The number of amides is 2. The normalized spacial score (nSPS) is 13.4. The Balaban J connectivity index is 1.37. The lowest BCUT2D eigenvalue weighted by atomic mass is 9.96. The fourth-order valence-electron chi connectivity index (χ4n) is 4.47. The van der Waals surface area contributed by atoms with Crippen molar-refractivity contribution < 1.29 is 19.1 Å². The summed E-state index contributed by atoms with van der Waals surface area (Å²) in [6.45, 7) is 7.97. The van der Waals surface area contributed by atoms with Crippen molar-refractivity contribution in [1.82, 2.24) is 14.5 Å². The summed E-state index contributed by atoms with van der Waals surface area (Å²) in [6, 6.07) is 9.97. The molecule has 2 aromatic heterocycles. The molecule has 37 heavy (non-hydrogen) atoms. The smallest absolute Gasteiger partial charge is 0.410 e. The lowest BCUT2D eigenvalue weighted by molar-refractivity contribution is -0.116. The van der Waals surface area contributed by atoms with Crippen LogP contribution in [0.3, 0.4) is 0 Å². The largest absolute Gasteiger partial charge is 0.494 e. The SMILES string of the molecule is CCOc1ccccc1[C@@H](C)CC(=O)Nc1sc2c(c1C#N)CCN(C(=O)OCCn1ccnc1C)C2. The third-order valence-electron chi connectivity index (χ3n) is 6.40. The first-order valence-corrected chi connectivity index (χ1v) is 13.2. The first kappa shape index (κ1) is 26.2. The van der Waals surface area contributed by atoms with Crippen molar-refractivity contribution in [3.05, 3.63) is 64.1 Å². The second kappa shape index (κ2) is 11.9. The van der Waals surface area contributed by atoms with Gasteiger partial charge < -0.3 is 24.3 Å². The first-order valence-electron chi connectivity index (χ1n) is 12.4. The number of benzene rings is 1. The fourth-order valence-corrected chi connectivity index (χ4v) is 5.70. The molecule has 1 aliphatic rings. The summed E-state index contributed by atoms with van der Waals surface area (Å²) in [6.07, 6.45) is 3.97. The molecule has 0 fully saturated rings. The maximum absolute atomic E-state index is 12.9. The molecule has 0 spiro atoms. The number of aryl methyl sites for hydroxylation is 1. The van der Waals surface area contributed by atoms with E-state index >= 15 is 0 Å². The highest BCUT2D eigenvalue weighted by atomic mass is 32.1. The predicted octanol–water partition coefficient (Wildman–Crippen LogP) is 4.85. The Morgan fingerprint density at radius 3 is 2.86 bits per heavy atom. The highest BCUT2D eigenvalue weighted by molar-refractivity contribution is 7.16. The summed E-state index contributed by atoms with van der Waals surface area (Å²) in [5.74, 6) is 1.42. The maximum atomic E-state index is 12.9. The van der Waals surface area contributed by atoms with E-state index in [1.807, 2.05) is 55.8 Å². The average molecular weight is 522 g/mol. The highest BCUT2D eigenvalue weighted by Crippen LogP contribution is 2.37. The number of hydrogen-bond donors (Lipinski definition) is 1. The van der Waals surface area contributed by atoms with Gasteiger partial charge >= 0.3 is 6.09 Å². The van der Waals surface area contributed by atoms with Gasteiger partial charge in [0.05, 0.1) is 25.3 Å². The van der Waals surface area contributed by atoms with E-state index in [9.17, 15) is 14.9 Å². The second-order valence-corrected chi connectivity index (χ2v) is 10.0. The number of anilines is 1. The molecule has 0 bridgehead atoms. The second-order valence-electron chi connectivity index (χ2n) is 8.90. The van der Waals surface area contributed by atoms with Crippen LogP contribution in [0, 0.1) is 18.3 Å². The fraction of sp³-hybridized carbons (Fsp3) is 0.407. The minimum atomic E-state index is -0.386. The first-order chi connectivity index (χ1) is 17.9. The van der Waals surface area contributed by atoms with Crippen molar-refractivity contribution in [3.8, 4) is 11.8 Å². The molecular formula is C27H31N5O4S. The van der Waals surface area contributed by atoms with Crippen LogP contribution in [0.1, 0.15) is 53.6 Å². The number of fused-ring (bicyclic) bond motifs is 1. The zero-order valence-electron chi connectivity index (χ0n) is 21.3. The Bertz CT molecular complexity index is 1310. The topological polar surface area (TPSA) is 109 Å². The molecule has 0 unspecified atom stereocenters. The summed E-state index contributed by atoms with van der Waals surface area (Å²) in [5, 5.41) is 13.3. The summed E-state index contributed by atoms with van der Waals surface area (Å²) in [7, 11) is 0. The third kappa shape index (κ3) is 6.12. The molecule has 1 N–H and O–H groups in total. The van der Waals surface area contributed by atoms with Gasteiger partial charge in [-0.3, -0.25) is 4.79 Å². The Hall–Kier alpha value is -3.84. The van der Waals surface area contributed by atoms with E-state index in [2.05, 4.69) is 16.4 Å². The van der Waals surface area contributed by atoms with E-state index in [1.54, 1.807) is 11.1 Å². The number of imidazole rings is 1. The van der Waals surface area contributed by atoms with Crippen LogP contribution >= 0.6 is 11.3 Å². The molecule has 1 aromatic carbocycles. The van der Waals surface area contributed by atoms with Crippen molar-refractivity contribution in [2.24, 2.45) is 0 Å². The van der Waals surface area contributed by atoms with E-state index in [1.165, 1.54) is 11.3 Å². The number of thiophene rings is 1. The molecule has 0 saturated heterocycles. The van der Waals surface area contributed by atoms with Crippen molar-refractivity contribution in [2.45, 2.75) is 52.6 Å². The summed E-state index contributed by atoms with van der Waals surface area (Å²) >= 11 is 1.35. The Kier molecular flexibility index (Phi) is 8.46. The summed E-state index contributed by atoms with van der Waals surface area (Å²) < 4.78 is 13.1. The number of ether oxygens (including phenoxy) is 2. The summed E-state index contributed by atoms with van der Waals surface area (Å²) in [5.41, 5.74) is 2.36. The van der Waals surface area contributed by atoms with Gasteiger partial charge in [0, 0.05) is 30.2 Å². The predicted molar refractivity (Wildman–Crippen MR) is 141 cm³/mol. The van der Waals surface area contributed by atoms with E-state index in [-0.39, 0.29) is 30.9 Å². The Morgan fingerprint density at radius 2 is 2.14 bits per heavy atom. The average Bonchev–Trinajstić information content (AvgIpc) is 3.45. The molecular weight excluding hydrogens is 490 g/mol. The number of nitriles is 1. The van der Waals surface area contributed by atoms with Crippen LogP contribution < -0.4 is 10.1 Å². The van der Waals surface area contributed by atoms with Gasteiger partial charge in [-0.05, 0) is 43.4 Å². The van der Waals surface area contributed by atoms with Crippen LogP contribution in [0.25, 0.3) is 0 Å². The van der Waals surface area contributed by atoms with E-state index in [4.69, 9.17) is 9.47 Å². The number of carbonyl (C=O) groups is 2. The standard InChI is InChI=1S/C27H31N5O4S/c1-4-35-23-8-6-5-7-20(23)18(2)15-25(33)30-26-22(16-28)21-9-11-32(17-24(21)37-26)27(34)36-14-13-31-12-10-29-19(31)3/h5-8,10,12,18H,4,9,11,13-15,17H2,1-3H3,(H,30,33)/t18-/m0/s1. The van der Waals surface area contributed by atoms with E-state index < -0.39 is 0 Å². The van der Waals surface area contributed by atoms with E-state index in [0.717, 1.165) is 27.6 Å². The van der Waals surface area contributed by atoms with Gasteiger partial charge in [-0.2, -0.15) is 5.26 Å². The molecule has 0 saturated carbocycles. The maximum Gasteiger partial charge on any atom is 0.410 e. The van der Waals surface area contributed by atoms with Gasteiger partial charge in [0.1, 0.15) is 29.3 Å². The van der Waals surface area contributed by atoms with Crippen LogP contribution in [0.5, 0.6) is 5.75 Å². The van der Waals surface area contributed by atoms with Gasteiger partial charge in [-0.15, -0.1) is 11.3 Å². The molecule has 0 aliphatic carbocycles. The van der Waals surface area contributed by atoms with Crippen LogP contribution in [0.4, 0.5) is 9.80 Å². The minimum absolute atomic E-state index is 0.0563. The van der Waals surface area contributed by atoms with Gasteiger partial charge in [-0.25, -0.2) is 9.78 Å². The highest BCUT2D eigenvalue weighted by Gasteiger charge is 2.28. The molecule has 1 aliphatic heterocycles. The number of carbonyl (C=O) groups excluding carboxylic acids is 2. The van der Waals surface area contributed by atoms with Crippen LogP contribution in [-0.2, 0) is 29.0 Å². The van der Waals surface area contributed by atoms with E-state index in [0.29, 0.717) is 43.2 Å². The van der Waals surface area contributed by atoms with Crippen LogP contribution in [-0.4, -0.2) is 46.2 Å². The Labute approximate surface area is 220 Å². The molecule has 4 rings (SSSR count). The van der Waals surface area contributed by atoms with Crippen molar-refractivity contribution >= 4 is 28.3 Å². The zero-order valence-corrected chi connectivity index (χ0v) is 22.1. The quantitative estimate of drug-likeness (QED) is 0.431. The molecule has 2 amide bonds. The lowest BCUT2D eigenvalue weighted by Gasteiger charge is -2.26. The molecule has 10 heteroatoms. The molecule has 3 heterocycles. The molecule has 9 nitrogen and oxygen atoms in total. The lowest BCUT2D eigenvalue weighted by Crippen LogP contribution is -2.36. The van der Waals surface area contributed by atoms with Crippen molar-refractivity contribution in [2.75, 3.05) is 25.1 Å². The number of nitrogens with zero attached hydrogens (tertiary/aromatic N) is 4. The monoisotopic (exact) mass is 521 g/mol. The number of rotatable bonds is 9. The third-order valence-corrected chi connectivity index (χ3v) is 7.53. The number of aromatic nitrogens is 2. The summed E-state index contributed by atoms with van der Waals surface area (Å²) in [4.78, 5) is 32.2. The van der Waals surface area contributed by atoms with Gasteiger partial charge in [0.15, 0.2) is 0 Å². The van der Waals surface area contributed by atoms with Gasteiger partial charge in [-0.1, -0.05) is 25.1 Å². The molecule has 3 aromatic rings.